The fourth-order valence-corrected chi connectivity index (χ4v) is 6.44. The number of hydrogen-bond donors (Lipinski definition) is 1. The summed E-state index contributed by atoms with van der Waals surface area (Å²) in [5, 5.41) is 2.63. The number of allylic oxidation sites excluding steroid dienone is 5. The van der Waals surface area contributed by atoms with Gasteiger partial charge < -0.3 is 14.8 Å². The average molecular weight is 710 g/mol. The number of rotatable bonds is 10. The van der Waals surface area contributed by atoms with Crippen molar-refractivity contribution in [2.45, 2.75) is 30.6 Å². The number of alkyl halides is 1. The van der Waals surface area contributed by atoms with Crippen molar-refractivity contribution in [3.05, 3.63) is 120 Å². The summed E-state index contributed by atoms with van der Waals surface area (Å²) in [6.45, 7) is 5.18. The molecule has 2 aliphatic heterocycles. The first-order valence-corrected chi connectivity index (χ1v) is 16.6. The van der Waals surface area contributed by atoms with Crippen LogP contribution in [0.3, 0.4) is 0 Å². The number of anilines is 3. The number of thiocarbonyl (C=S) groups is 1. The Balaban J connectivity index is 1.49. The van der Waals surface area contributed by atoms with Gasteiger partial charge in [-0.3, -0.25) is 24.2 Å². The van der Waals surface area contributed by atoms with Crippen molar-refractivity contribution < 1.29 is 27.7 Å². The predicted molar refractivity (Wildman–Crippen MR) is 190 cm³/mol. The largest absolute Gasteiger partial charge is 0.367 e. The zero-order valence-electron chi connectivity index (χ0n) is 26.0. The van der Waals surface area contributed by atoms with Crippen molar-refractivity contribution >= 4 is 75.8 Å². The Hall–Kier alpha value is -4.36. The maximum Gasteiger partial charge on any atom is 0.270 e. The van der Waals surface area contributed by atoms with Gasteiger partial charge in [0.05, 0.1) is 16.3 Å². The van der Waals surface area contributed by atoms with Gasteiger partial charge in [-0.2, -0.15) is 0 Å². The molecule has 248 valence electrons. The van der Waals surface area contributed by atoms with E-state index in [2.05, 4.69) is 24.1 Å². The molecule has 3 aromatic carbocycles. The third kappa shape index (κ3) is 7.07. The van der Waals surface area contributed by atoms with Gasteiger partial charge in [-0.25, -0.2) is 8.78 Å². The molecule has 0 spiro atoms. The molecule has 0 aromatic heterocycles. The van der Waals surface area contributed by atoms with Crippen molar-refractivity contribution in [1.29, 1.82) is 0 Å². The van der Waals surface area contributed by atoms with Crippen molar-refractivity contribution in [2.75, 3.05) is 33.7 Å². The van der Waals surface area contributed by atoms with Crippen LogP contribution in [0.25, 0.3) is 0 Å². The minimum Gasteiger partial charge on any atom is -0.367 e. The molecule has 1 fully saturated rings. The lowest BCUT2D eigenvalue weighted by molar-refractivity contribution is -0.121. The van der Waals surface area contributed by atoms with E-state index in [4.69, 9.17) is 28.4 Å². The molecular weight excluding hydrogens is 678 g/mol. The molecule has 0 atom stereocenters. The summed E-state index contributed by atoms with van der Waals surface area (Å²) in [4.78, 5) is 44.4. The van der Waals surface area contributed by atoms with Gasteiger partial charge in [0.2, 0.25) is 17.9 Å². The maximum absolute atomic E-state index is 13.7. The number of amides is 3. The van der Waals surface area contributed by atoms with Crippen molar-refractivity contribution in [3.8, 4) is 0 Å². The first-order valence-electron chi connectivity index (χ1n) is 14.9. The molecule has 13 heteroatoms. The minimum absolute atomic E-state index is 0.112. The molecule has 0 saturated carbocycles. The van der Waals surface area contributed by atoms with Crippen LogP contribution in [-0.2, 0) is 19.8 Å². The molecule has 1 saturated heterocycles. The SMILES string of the molecule is CC1(C)/C(=C\C=C\C=C2C(=O)N(c3ccc(F)cc3)C(=S)N(c3ccc(F)cc3)C2=O)N(CCCNC(=O)CCl)c2ccc(S[OH2+])cc21. The van der Waals surface area contributed by atoms with E-state index in [0.29, 0.717) is 19.5 Å². The number of nitrogens with one attached hydrogen (secondary N) is 1. The summed E-state index contributed by atoms with van der Waals surface area (Å²) in [6, 6.07) is 16.1. The number of benzene rings is 3. The molecule has 0 unspecified atom stereocenters. The van der Waals surface area contributed by atoms with E-state index in [9.17, 15) is 23.2 Å². The monoisotopic (exact) mass is 709 g/mol. The molecule has 2 aliphatic rings. The van der Waals surface area contributed by atoms with Crippen LogP contribution in [0, 0.1) is 11.6 Å². The average Bonchev–Trinajstić information content (AvgIpc) is 3.28. The number of carbonyl (C=O) groups excluding carboxylic acids is 3. The summed E-state index contributed by atoms with van der Waals surface area (Å²) >= 11 is 12.1. The van der Waals surface area contributed by atoms with Gasteiger partial charge in [0.1, 0.15) is 23.1 Å². The predicted octanol–water partition coefficient (Wildman–Crippen LogP) is 6.27. The van der Waals surface area contributed by atoms with E-state index in [1.54, 1.807) is 12.2 Å². The van der Waals surface area contributed by atoms with E-state index >= 15 is 0 Å². The number of nitrogens with zero attached hydrogens (tertiary/aromatic N) is 3. The van der Waals surface area contributed by atoms with E-state index in [-0.39, 0.29) is 33.8 Å². The molecule has 8 nitrogen and oxygen atoms in total. The second kappa shape index (κ2) is 14.8. The van der Waals surface area contributed by atoms with Gasteiger partial charge >= 0.3 is 0 Å². The number of fused-ring (bicyclic) bond motifs is 1. The zero-order valence-corrected chi connectivity index (χ0v) is 28.4. The summed E-state index contributed by atoms with van der Waals surface area (Å²) in [5.41, 5.74) is 2.82. The molecule has 2 heterocycles. The van der Waals surface area contributed by atoms with E-state index in [1.807, 2.05) is 24.3 Å². The zero-order chi connectivity index (χ0) is 34.6. The maximum atomic E-state index is 13.7. The minimum atomic E-state index is -0.693. The highest BCUT2D eigenvalue weighted by molar-refractivity contribution is 7.93. The quantitative estimate of drug-likeness (QED) is 0.0508. The molecule has 48 heavy (non-hydrogen) atoms. The van der Waals surface area contributed by atoms with Crippen LogP contribution >= 0.6 is 35.9 Å². The highest BCUT2D eigenvalue weighted by atomic mass is 35.5. The first kappa shape index (κ1) is 35.0. The van der Waals surface area contributed by atoms with Crippen LogP contribution in [0.1, 0.15) is 25.8 Å². The standard InChI is InChI=1S/C35H31ClF2N4O4S2/c1-35(2)28-20-26(48-46)16-17-29(28)40(19-5-18-39-31(43)21-36)30(35)7-4-3-6-27-32(44)41(24-12-8-22(37)9-13-24)34(47)42(33(27)45)25-14-10-23(38)11-15-25/h3-4,6-17,20,46H,5,18-19,21H2,1-2H3,(H,39,43)/p+1/b4-3+,30-7+. The van der Waals surface area contributed by atoms with Crippen molar-refractivity contribution in [3.63, 3.8) is 0 Å². The summed E-state index contributed by atoms with van der Waals surface area (Å²) in [5.74, 6) is -2.75. The Morgan fingerprint density at radius 3 is 2.04 bits per heavy atom. The number of carbonyl (C=O) groups is 3. The van der Waals surface area contributed by atoms with Crippen molar-refractivity contribution in [2.24, 2.45) is 0 Å². The third-order valence-electron chi connectivity index (χ3n) is 8.03. The second-order valence-electron chi connectivity index (χ2n) is 11.4. The Labute approximate surface area is 291 Å². The van der Waals surface area contributed by atoms with Gasteiger partial charge in [-0.05, 0) is 103 Å². The van der Waals surface area contributed by atoms with Crippen molar-refractivity contribution in [1.82, 2.24) is 5.32 Å². The summed E-state index contributed by atoms with van der Waals surface area (Å²) < 4.78 is 35.3. The van der Waals surface area contributed by atoms with Gasteiger partial charge in [-0.1, -0.05) is 26.0 Å². The Bertz CT molecular complexity index is 1780. The van der Waals surface area contributed by atoms with Gasteiger partial charge in [-0.15, -0.1) is 11.6 Å². The third-order valence-corrected chi connectivity index (χ3v) is 9.13. The normalized spacial score (nSPS) is 16.7. The topological polar surface area (TPSA) is 95.9 Å². The summed E-state index contributed by atoms with van der Waals surface area (Å²) in [6.07, 6.45) is 7.25. The fourth-order valence-electron chi connectivity index (χ4n) is 5.65. The van der Waals surface area contributed by atoms with Crippen LogP contribution in [0.4, 0.5) is 25.8 Å². The van der Waals surface area contributed by atoms with Crippen LogP contribution in [0.5, 0.6) is 0 Å². The first-order chi connectivity index (χ1) is 23.0. The van der Waals surface area contributed by atoms with Gasteiger partial charge in [0.25, 0.3) is 11.8 Å². The van der Waals surface area contributed by atoms with Gasteiger partial charge in [0.15, 0.2) is 5.11 Å². The van der Waals surface area contributed by atoms with E-state index < -0.39 is 28.9 Å². The Kier molecular flexibility index (Phi) is 10.8. The molecule has 3 aromatic rings. The highest BCUT2D eigenvalue weighted by Gasteiger charge is 2.42. The highest BCUT2D eigenvalue weighted by Crippen LogP contribution is 2.48. The van der Waals surface area contributed by atoms with Gasteiger partial charge in [0, 0.05) is 29.9 Å². The molecule has 0 bridgehead atoms. The molecule has 5 rings (SSSR count). The van der Waals surface area contributed by atoms with E-state index in [1.165, 1.54) is 54.6 Å². The van der Waals surface area contributed by atoms with Crippen LogP contribution in [-0.4, -0.2) is 46.4 Å². The smallest absolute Gasteiger partial charge is 0.270 e. The lowest BCUT2D eigenvalue weighted by Gasteiger charge is -2.36. The molecule has 0 radical (unpaired) electrons. The molecule has 0 aliphatic carbocycles. The molecule has 3 amide bonds. The molecular formula is C35H32ClF2N4O4S2+. The number of halogens is 3. The Morgan fingerprint density at radius 2 is 1.50 bits per heavy atom. The van der Waals surface area contributed by atoms with Crippen LogP contribution in [0.15, 0.2) is 107 Å². The summed E-state index contributed by atoms with van der Waals surface area (Å²) in [7, 11) is 0. The second-order valence-corrected chi connectivity index (χ2v) is 12.7. The molecule has 3 N–H and O–H groups in total. The fraction of sp³-hybridized carbons (Fsp3) is 0.200. The van der Waals surface area contributed by atoms with Crippen LogP contribution < -0.4 is 20.0 Å². The van der Waals surface area contributed by atoms with E-state index in [0.717, 1.165) is 43.7 Å². The van der Waals surface area contributed by atoms with Crippen LogP contribution in [0.2, 0.25) is 0 Å². The lowest BCUT2D eigenvalue weighted by Crippen LogP contribution is -2.57. The Morgan fingerprint density at radius 1 is 0.938 bits per heavy atom. The number of hydrogen-bond acceptors (Lipinski definition) is 6. The lowest BCUT2D eigenvalue weighted by atomic mass is 9.83.